The van der Waals surface area contributed by atoms with E-state index < -0.39 is 0 Å². The van der Waals surface area contributed by atoms with E-state index in [1.54, 1.807) is 7.11 Å². The molecule has 0 amide bonds. The molecule has 1 atom stereocenters. The van der Waals surface area contributed by atoms with E-state index in [9.17, 15) is 0 Å². The molecule has 1 fully saturated rings. The first-order valence-electron chi connectivity index (χ1n) is 10.1. The van der Waals surface area contributed by atoms with E-state index >= 15 is 0 Å². The minimum atomic E-state index is 0. The molecule has 160 valence electrons. The summed E-state index contributed by atoms with van der Waals surface area (Å²) >= 11 is 0. The molecule has 0 saturated carbocycles. The van der Waals surface area contributed by atoms with Crippen LogP contribution in [0.2, 0.25) is 0 Å². The number of piperazine rings is 1. The van der Waals surface area contributed by atoms with Crippen molar-refractivity contribution in [1.29, 1.82) is 0 Å². The molecule has 2 rings (SSSR count). The lowest BCUT2D eigenvalue weighted by atomic mass is 10.1. The van der Waals surface area contributed by atoms with Gasteiger partial charge in [-0.2, -0.15) is 0 Å². The van der Waals surface area contributed by atoms with Crippen LogP contribution in [0.3, 0.4) is 0 Å². The van der Waals surface area contributed by atoms with E-state index in [1.807, 2.05) is 19.2 Å². The van der Waals surface area contributed by atoms with Gasteiger partial charge in [0.1, 0.15) is 5.75 Å². The number of nitrogens with one attached hydrogen (secondary N) is 2. The number of anilines is 1. The number of benzene rings is 1. The van der Waals surface area contributed by atoms with Crippen molar-refractivity contribution in [3.05, 3.63) is 24.3 Å². The van der Waals surface area contributed by atoms with Crippen molar-refractivity contribution in [2.24, 2.45) is 10.9 Å². The molecule has 1 aromatic carbocycles. The molecule has 1 aliphatic rings. The highest BCUT2D eigenvalue weighted by atomic mass is 127. The quantitative estimate of drug-likeness (QED) is 0.247. The Morgan fingerprint density at radius 3 is 2.29 bits per heavy atom. The number of halogens is 1. The fourth-order valence-electron chi connectivity index (χ4n) is 3.11. The Labute approximate surface area is 188 Å². The zero-order valence-corrected chi connectivity index (χ0v) is 20.4. The van der Waals surface area contributed by atoms with Gasteiger partial charge in [-0.1, -0.05) is 13.8 Å². The second kappa shape index (κ2) is 13.1. The summed E-state index contributed by atoms with van der Waals surface area (Å²) in [6.07, 6.45) is 1.12. The van der Waals surface area contributed by atoms with Crippen LogP contribution in [0.25, 0.3) is 0 Å². The number of aliphatic imine (C=N–C) groups is 1. The summed E-state index contributed by atoms with van der Waals surface area (Å²) in [7, 11) is 3.54. The molecule has 6 nitrogen and oxygen atoms in total. The zero-order valence-electron chi connectivity index (χ0n) is 18.1. The van der Waals surface area contributed by atoms with Crippen molar-refractivity contribution in [1.82, 2.24) is 15.5 Å². The van der Waals surface area contributed by atoms with Gasteiger partial charge in [-0.05, 0) is 50.1 Å². The van der Waals surface area contributed by atoms with E-state index in [1.165, 1.54) is 5.69 Å². The van der Waals surface area contributed by atoms with Gasteiger partial charge in [0.2, 0.25) is 0 Å². The van der Waals surface area contributed by atoms with Crippen molar-refractivity contribution in [2.75, 3.05) is 58.3 Å². The third kappa shape index (κ3) is 8.03. The predicted molar refractivity (Wildman–Crippen MR) is 130 cm³/mol. The molecule has 1 aromatic rings. The molecular formula is C21H38IN5O. The topological polar surface area (TPSA) is 52.1 Å². The van der Waals surface area contributed by atoms with Crippen molar-refractivity contribution in [3.63, 3.8) is 0 Å². The smallest absolute Gasteiger partial charge is 0.191 e. The maximum Gasteiger partial charge on any atom is 0.191 e. The summed E-state index contributed by atoms with van der Waals surface area (Å²) in [5.74, 6) is 2.41. The largest absolute Gasteiger partial charge is 0.497 e. The van der Waals surface area contributed by atoms with E-state index in [0.717, 1.165) is 57.4 Å². The van der Waals surface area contributed by atoms with E-state index in [0.29, 0.717) is 12.0 Å². The predicted octanol–water partition coefficient (Wildman–Crippen LogP) is 3.03. The van der Waals surface area contributed by atoms with E-state index in [4.69, 9.17) is 4.74 Å². The zero-order chi connectivity index (χ0) is 19.6. The molecular weight excluding hydrogens is 465 g/mol. The fourth-order valence-corrected chi connectivity index (χ4v) is 3.11. The van der Waals surface area contributed by atoms with E-state index in [2.05, 4.69) is 58.3 Å². The molecule has 1 heterocycles. The van der Waals surface area contributed by atoms with Crippen LogP contribution in [0, 0.1) is 5.92 Å². The maximum atomic E-state index is 5.24. The maximum absolute atomic E-state index is 5.24. The van der Waals surface area contributed by atoms with Gasteiger partial charge in [0.05, 0.1) is 7.11 Å². The Kier molecular flexibility index (Phi) is 11.6. The standard InChI is InChI=1S/C21H37N5O.HI/c1-17(2)18(3)24-21(22-4)23-11-6-12-25-13-15-26(16-14-25)19-7-9-20(27-5)10-8-19;/h7-10,17-18H,6,11-16H2,1-5H3,(H2,22,23,24);1H. The lowest BCUT2D eigenvalue weighted by molar-refractivity contribution is 0.255. The first-order chi connectivity index (χ1) is 13.0. The Morgan fingerprint density at radius 1 is 1.11 bits per heavy atom. The summed E-state index contributed by atoms with van der Waals surface area (Å²) in [5.41, 5.74) is 1.28. The van der Waals surface area contributed by atoms with Crippen molar-refractivity contribution in [2.45, 2.75) is 33.2 Å². The number of rotatable bonds is 8. The second-order valence-electron chi connectivity index (χ2n) is 7.56. The van der Waals surface area contributed by atoms with Crippen LogP contribution < -0.4 is 20.3 Å². The lowest BCUT2D eigenvalue weighted by Crippen LogP contribution is -2.47. The first kappa shape index (κ1) is 24.8. The summed E-state index contributed by atoms with van der Waals surface area (Å²) in [4.78, 5) is 9.32. The van der Waals surface area contributed by atoms with Crippen molar-refractivity contribution >= 4 is 35.6 Å². The fraction of sp³-hybridized carbons (Fsp3) is 0.667. The normalized spacial score (nSPS) is 16.5. The Hall–Kier alpha value is -1.22. The average molecular weight is 503 g/mol. The number of ether oxygens (including phenoxy) is 1. The Balaban J connectivity index is 0.00000392. The third-order valence-corrected chi connectivity index (χ3v) is 5.34. The van der Waals surface area contributed by atoms with Gasteiger partial charge in [-0.15, -0.1) is 24.0 Å². The molecule has 0 radical (unpaired) electrons. The molecule has 1 aliphatic heterocycles. The van der Waals surface area contributed by atoms with Crippen LogP contribution in [-0.4, -0.2) is 70.3 Å². The van der Waals surface area contributed by atoms with Gasteiger partial charge in [0, 0.05) is 51.5 Å². The van der Waals surface area contributed by atoms with Crippen LogP contribution in [-0.2, 0) is 0 Å². The monoisotopic (exact) mass is 503 g/mol. The van der Waals surface area contributed by atoms with Crippen LogP contribution in [0.5, 0.6) is 5.75 Å². The Bertz CT molecular complexity index is 571. The molecule has 28 heavy (non-hydrogen) atoms. The first-order valence-corrected chi connectivity index (χ1v) is 10.1. The lowest BCUT2D eigenvalue weighted by Gasteiger charge is -2.36. The molecule has 0 aliphatic carbocycles. The highest BCUT2D eigenvalue weighted by molar-refractivity contribution is 14.0. The van der Waals surface area contributed by atoms with Gasteiger partial charge in [-0.25, -0.2) is 0 Å². The van der Waals surface area contributed by atoms with Gasteiger partial charge in [-0.3, -0.25) is 9.89 Å². The SMILES string of the molecule is CN=C(NCCCN1CCN(c2ccc(OC)cc2)CC1)NC(C)C(C)C.I. The molecule has 0 spiro atoms. The molecule has 1 saturated heterocycles. The van der Waals surface area contributed by atoms with Crippen LogP contribution >= 0.6 is 24.0 Å². The number of hydrogen-bond acceptors (Lipinski definition) is 4. The molecule has 1 unspecified atom stereocenters. The Morgan fingerprint density at radius 2 is 1.75 bits per heavy atom. The highest BCUT2D eigenvalue weighted by Gasteiger charge is 2.17. The summed E-state index contributed by atoms with van der Waals surface area (Å²) < 4.78 is 5.24. The van der Waals surface area contributed by atoms with Gasteiger partial charge in [0.15, 0.2) is 5.96 Å². The minimum Gasteiger partial charge on any atom is -0.497 e. The molecule has 0 aromatic heterocycles. The minimum absolute atomic E-state index is 0. The average Bonchev–Trinajstić information content (AvgIpc) is 2.70. The summed E-state index contributed by atoms with van der Waals surface area (Å²) in [6.45, 7) is 13.1. The van der Waals surface area contributed by atoms with Crippen molar-refractivity contribution < 1.29 is 4.74 Å². The number of methoxy groups -OCH3 is 1. The van der Waals surface area contributed by atoms with Gasteiger partial charge in [0.25, 0.3) is 0 Å². The number of guanidine groups is 1. The van der Waals surface area contributed by atoms with Crippen LogP contribution in [0.4, 0.5) is 5.69 Å². The summed E-state index contributed by atoms with van der Waals surface area (Å²) in [6, 6.07) is 8.79. The van der Waals surface area contributed by atoms with Crippen LogP contribution in [0.15, 0.2) is 29.3 Å². The number of hydrogen-bond donors (Lipinski definition) is 2. The molecule has 0 bridgehead atoms. The van der Waals surface area contributed by atoms with E-state index in [-0.39, 0.29) is 24.0 Å². The van der Waals surface area contributed by atoms with Gasteiger partial charge < -0.3 is 20.3 Å². The second-order valence-corrected chi connectivity index (χ2v) is 7.56. The highest BCUT2D eigenvalue weighted by Crippen LogP contribution is 2.20. The van der Waals surface area contributed by atoms with Gasteiger partial charge >= 0.3 is 0 Å². The number of nitrogens with zero attached hydrogens (tertiary/aromatic N) is 3. The third-order valence-electron chi connectivity index (χ3n) is 5.34. The van der Waals surface area contributed by atoms with Crippen molar-refractivity contribution in [3.8, 4) is 5.75 Å². The summed E-state index contributed by atoms with van der Waals surface area (Å²) in [5, 5.41) is 6.88. The molecule has 2 N–H and O–H groups in total. The van der Waals surface area contributed by atoms with Crippen LogP contribution in [0.1, 0.15) is 27.2 Å². The molecule has 7 heteroatoms.